The average molecular weight is 531 g/mol. The number of H-pyrrole nitrogens is 1. The number of rotatable bonds is 4. The lowest BCUT2D eigenvalue weighted by molar-refractivity contribution is 0.338. The summed E-state index contributed by atoms with van der Waals surface area (Å²) in [5.41, 5.74) is 2.70. The minimum Gasteiger partial charge on any atom is -0.457 e. The zero-order valence-corrected chi connectivity index (χ0v) is 22.5. The van der Waals surface area contributed by atoms with Gasteiger partial charge in [0.15, 0.2) is 23.2 Å². The molecule has 2 aliphatic heterocycles. The van der Waals surface area contributed by atoms with Crippen molar-refractivity contribution < 1.29 is 13.5 Å². The summed E-state index contributed by atoms with van der Waals surface area (Å²) >= 11 is 0. The normalized spacial score (nSPS) is 25.8. The summed E-state index contributed by atoms with van der Waals surface area (Å²) in [5.74, 6) is -1.39. The second-order valence-corrected chi connectivity index (χ2v) is 10.4. The molecule has 3 aromatic rings. The maximum atomic E-state index is 15.4. The largest absolute Gasteiger partial charge is 0.457 e. The van der Waals surface area contributed by atoms with Crippen LogP contribution in [0.2, 0.25) is 0 Å². The molecule has 1 fully saturated rings. The molecule has 5 rings (SSSR count). The van der Waals surface area contributed by atoms with Gasteiger partial charge in [-0.25, -0.2) is 13.8 Å². The second kappa shape index (κ2) is 10.9. The molecule has 7 nitrogen and oxygen atoms in total. The number of hydrogen-bond donors (Lipinski definition) is 3. The van der Waals surface area contributed by atoms with Gasteiger partial charge in [-0.15, -0.1) is 0 Å². The molecule has 3 heterocycles. The highest BCUT2D eigenvalue weighted by Crippen LogP contribution is 2.34. The molecule has 0 aliphatic carbocycles. The number of hydrogen-bond acceptors (Lipinski definition) is 6. The summed E-state index contributed by atoms with van der Waals surface area (Å²) in [6.07, 6.45) is 4.01. The SMILES string of the molecule is Cc1cc2c(F)c(O/C3=C(C#N)/C(Nc4ccc(N5C[C@@H](C)N[C@@H](C)C5)cc4)=N\C=C\CC3C)cc(F)c2[nH]1. The second-order valence-electron chi connectivity index (χ2n) is 10.4. The standard InChI is InChI=1S/C30H32F2N6O/c1-17-6-5-11-34-30(37-21-7-9-22(10-8-21)38-15-19(3)35-20(4)16-38)24(14-33)29(17)39-26-13-25(31)28-23(27(26)32)12-18(2)36-28/h5,7-13,17,19-20,35-36H,6,15-16H2,1-4H3,(H,34,37)/b11-5+,29-24+/t17?,19-,20+. The van der Waals surface area contributed by atoms with E-state index >= 15 is 4.39 Å². The number of halogens is 2. The van der Waals surface area contributed by atoms with Crippen molar-refractivity contribution in [2.75, 3.05) is 23.3 Å². The maximum Gasteiger partial charge on any atom is 0.175 e. The zero-order valence-electron chi connectivity index (χ0n) is 22.5. The van der Waals surface area contributed by atoms with Crippen molar-refractivity contribution in [2.24, 2.45) is 10.9 Å². The number of amidine groups is 1. The number of aromatic nitrogens is 1. The van der Waals surface area contributed by atoms with Gasteiger partial charge in [0.1, 0.15) is 17.4 Å². The lowest BCUT2D eigenvalue weighted by atomic mass is 9.99. The summed E-state index contributed by atoms with van der Waals surface area (Å²) in [5, 5.41) is 17.0. The molecule has 202 valence electrons. The van der Waals surface area contributed by atoms with E-state index in [0.29, 0.717) is 24.2 Å². The first-order valence-corrected chi connectivity index (χ1v) is 13.1. The number of aromatic amines is 1. The Hall–Kier alpha value is -4.16. The number of benzene rings is 2. The van der Waals surface area contributed by atoms with E-state index < -0.39 is 11.6 Å². The van der Waals surface area contributed by atoms with Crippen LogP contribution in [0, 0.1) is 35.8 Å². The molecule has 1 aromatic heterocycles. The molecule has 3 N–H and O–H groups in total. The third-order valence-electron chi connectivity index (χ3n) is 7.02. The summed E-state index contributed by atoms with van der Waals surface area (Å²) in [6, 6.07) is 13.5. The molecule has 0 radical (unpaired) electrons. The number of anilines is 2. The fourth-order valence-electron chi connectivity index (χ4n) is 5.24. The molecule has 9 heteroatoms. The van der Waals surface area contributed by atoms with E-state index in [0.717, 1.165) is 30.5 Å². The minimum absolute atomic E-state index is 0.0811. The number of aryl methyl sites for hydroxylation is 1. The molecule has 3 atom stereocenters. The molecule has 0 bridgehead atoms. The molecular weight excluding hydrogens is 498 g/mol. The third-order valence-corrected chi connectivity index (χ3v) is 7.02. The van der Waals surface area contributed by atoms with Crippen molar-refractivity contribution in [3.05, 3.63) is 77.3 Å². The molecule has 1 unspecified atom stereocenters. The van der Waals surface area contributed by atoms with Gasteiger partial charge in [-0.3, -0.25) is 0 Å². The Kier molecular flexibility index (Phi) is 7.40. The topological polar surface area (TPSA) is 88.5 Å². The number of allylic oxidation sites excluding steroid dienone is 2. The molecule has 0 saturated carbocycles. The van der Waals surface area contributed by atoms with E-state index in [1.165, 1.54) is 6.07 Å². The Balaban J connectivity index is 1.45. The Morgan fingerprint density at radius 2 is 1.82 bits per heavy atom. The maximum absolute atomic E-state index is 15.4. The lowest BCUT2D eigenvalue weighted by Crippen LogP contribution is -2.54. The zero-order chi connectivity index (χ0) is 27.7. The van der Waals surface area contributed by atoms with Crippen LogP contribution in [0.3, 0.4) is 0 Å². The van der Waals surface area contributed by atoms with Crippen molar-refractivity contribution in [1.29, 1.82) is 5.26 Å². The van der Waals surface area contributed by atoms with Gasteiger partial charge >= 0.3 is 0 Å². The molecule has 39 heavy (non-hydrogen) atoms. The number of nitriles is 1. The summed E-state index contributed by atoms with van der Waals surface area (Å²) in [7, 11) is 0. The summed E-state index contributed by atoms with van der Waals surface area (Å²) < 4.78 is 36.1. The fourth-order valence-corrected chi connectivity index (χ4v) is 5.24. The van der Waals surface area contributed by atoms with Crippen LogP contribution in [-0.2, 0) is 0 Å². The Labute approximate surface area is 226 Å². The molecule has 1 saturated heterocycles. The number of fused-ring (bicyclic) bond motifs is 1. The van der Waals surface area contributed by atoms with Crippen LogP contribution in [0.15, 0.2) is 65.0 Å². The van der Waals surface area contributed by atoms with E-state index in [1.54, 1.807) is 13.1 Å². The van der Waals surface area contributed by atoms with E-state index in [1.807, 2.05) is 37.3 Å². The van der Waals surface area contributed by atoms with E-state index in [2.05, 4.69) is 45.4 Å². The van der Waals surface area contributed by atoms with Gasteiger partial charge in [0.05, 0.1) is 5.52 Å². The Bertz CT molecular complexity index is 1500. The molecule has 0 amide bonds. The van der Waals surface area contributed by atoms with Gasteiger partial charge in [-0.1, -0.05) is 13.0 Å². The van der Waals surface area contributed by atoms with Crippen LogP contribution in [0.25, 0.3) is 10.9 Å². The predicted octanol–water partition coefficient (Wildman–Crippen LogP) is 6.16. The number of piperazine rings is 1. The molecule has 0 spiro atoms. The van der Waals surface area contributed by atoms with Gasteiger partial charge in [-0.2, -0.15) is 5.26 Å². The average Bonchev–Trinajstić information content (AvgIpc) is 3.30. The first kappa shape index (κ1) is 26.4. The number of ether oxygens (including phenoxy) is 1. The third kappa shape index (κ3) is 5.52. The van der Waals surface area contributed by atoms with E-state index in [9.17, 15) is 9.65 Å². The highest BCUT2D eigenvalue weighted by atomic mass is 19.1. The number of nitrogens with one attached hydrogen (secondary N) is 3. The van der Waals surface area contributed by atoms with Crippen LogP contribution >= 0.6 is 0 Å². The van der Waals surface area contributed by atoms with Crippen molar-refractivity contribution in [3.63, 3.8) is 0 Å². The van der Waals surface area contributed by atoms with Crippen molar-refractivity contribution in [2.45, 2.75) is 46.2 Å². The fraction of sp³-hybridized carbons (Fsp3) is 0.333. The first-order valence-electron chi connectivity index (χ1n) is 13.1. The highest BCUT2D eigenvalue weighted by Gasteiger charge is 2.25. The molecule has 2 aliphatic rings. The van der Waals surface area contributed by atoms with Crippen molar-refractivity contribution >= 4 is 28.1 Å². The Morgan fingerprint density at radius 3 is 2.51 bits per heavy atom. The summed E-state index contributed by atoms with van der Waals surface area (Å²) in [4.78, 5) is 9.63. The van der Waals surface area contributed by atoms with Gasteiger partial charge in [0.25, 0.3) is 0 Å². The minimum atomic E-state index is -0.691. The van der Waals surface area contributed by atoms with Crippen molar-refractivity contribution in [1.82, 2.24) is 10.3 Å². The number of aliphatic imine (C=N–C) groups is 1. The monoisotopic (exact) mass is 530 g/mol. The van der Waals surface area contributed by atoms with Crippen molar-refractivity contribution in [3.8, 4) is 11.8 Å². The van der Waals surface area contributed by atoms with E-state index in [-0.39, 0.29) is 39.7 Å². The van der Waals surface area contributed by atoms with Crippen LogP contribution < -0.4 is 20.3 Å². The van der Waals surface area contributed by atoms with Crippen LogP contribution in [0.5, 0.6) is 5.75 Å². The van der Waals surface area contributed by atoms with Gasteiger partial charge in [0, 0.05) is 65.8 Å². The van der Waals surface area contributed by atoms with Gasteiger partial charge in [0.2, 0.25) is 0 Å². The number of nitrogens with zero attached hydrogens (tertiary/aromatic N) is 3. The highest BCUT2D eigenvalue weighted by molar-refractivity contribution is 6.11. The first-order chi connectivity index (χ1) is 18.7. The van der Waals surface area contributed by atoms with E-state index in [4.69, 9.17) is 4.74 Å². The van der Waals surface area contributed by atoms with Crippen LogP contribution in [-0.4, -0.2) is 36.0 Å². The Morgan fingerprint density at radius 1 is 1.10 bits per heavy atom. The quantitative estimate of drug-likeness (QED) is 0.376. The van der Waals surface area contributed by atoms with Gasteiger partial charge < -0.3 is 25.3 Å². The molecular formula is C30H32F2N6O. The summed E-state index contributed by atoms with van der Waals surface area (Å²) in [6.45, 7) is 9.78. The smallest absolute Gasteiger partial charge is 0.175 e. The van der Waals surface area contributed by atoms with Crippen LogP contribution in [0.1, 0.15) is 32.9 Å². The molecule has 2 aromatic carbocycles. The lowest BCUT2D eigenvalue weighted by Gasteiger charge is -2.37. The predicted molar refractivity (Wildman–Crippen MR) is 151 cm³/mol. The van der Waals surface area contributed by atoms with Gasteiger partial charge in [-0.05, 0) is 57.5 Å². The van der Waals surface area contributed by atoms with Crippen LogP contribution in [0.4, 0.5) is 20.2 Å².